The van der Waals surface area contributed by atoms with Crippen molar-refractivity contribution in [2.24, 2.45) is 0 Å². The van der Waals surface area contributed by atoms with Crippen molar-refractivity contribution in [3.05, 3.63) is 29.8 Å². The van der Waals surface area contributed by atoms with Gasteiger partial charge in [-0.3, -0.25) is 0 Å². The summed E-state index contributed by atoms with van der Waals surface area (Å²) in [4.78, 5) is 12.0. The number of phenols is 1. The molecule has 0 bridgehead atoms. The third kappa shape index (κ3) is 6.10. The number of urea groups is 1. The van der Waals surface area contributed by atoms with Gasteiger partial charge in [0.2, 0.25) is 0 Å². The fourth-order valence-electron chi connectivity index (χ4n) is 3.12. The Morgan fingerprint density at radius 3 is 2.39 bits per heavy atom. The van der Waals surface area contributed by atoms with Crippen LogP contribution in [0, 0.1) is 0 Å². The molecule has 1 aliphatic carbocycles. The van der Waals surface area contributed by atoms with Gasteiger partial charge in [-0.05, 0) is 43.9 Å². The molecule has 0 heterocycles. The highest BCUT2D eigenvalue weighted by Crippen LogP contribution is 2.26. The number of aromatic hydroxyl groups is 1. The molecular formula is C18H28N2O3. The highest BCUT2D eigenvalue weighted by molar-refractivity contribution is 5.74. The average Bonchev–Trinajstić information content (AvgIpc) is 2.73. The van der Waals surface area contributed by atoms with Crippen LogP contribution >= 0.6 is 0 Å². The summed E-state index contributed by atoms with van der Waals surface area (Å²) in [6, 6.07) is 6.71. The van der Waals surface area contributed by atoms with E-state index in [-0.39, 0.29) is 17.8 Å². The van der Waals surface area contributed by atoms with Crippen molar-refractivity contribution in [2.75, 3.05) is 6.54 Å². The molecule has 5 heteroatoms. The molecule has 2 amide bonds. The van der Waals surface area contributed by atoms with E-state index in [0.717, 1.165) is 44.1 Å². The summed E-state index contributed by atoms with van der Waals surface area (Å²) in [5.74, 6) is 0.240. The molecule has 128 valence electrons. The van der Waals surface area contributed by atoms with Crippen LogP contribution in [0.5, 0.6) is 5.75 Å². The van der Waals surface area contributed by atoms with Crippen LogP contribution in [0.1, 0.15) is 51.0 Å². The summed E-state index contributed by atoms with van der Waals surface area (Å²) in [6.07, 6.45) is 6.59. The second kappa shape index (κ2) is 8.20. The van der Waals surface area contributed by atoms with Gasteiger partial charge in [0, 0.05) is 12.6 Å². The predicted octanol–water partition coefficient (Wildman–Crippen LogP) is 2.71. The van der Waals surface area contributed by atoms with E-state index in [9.17, 15) is 15.0 Å². The van der Waals surface area contributed by atoms with Crippen molar-refractivity contribution in [1.82, 2.24) is 10.6 Å². The monoisotopic (exact) mass is 320 g/mol. The molecule has 1 saturated carbocycles. The topological polar surface area (TPSA) is 81.6 Å². The minimum absolute atomic E-state index is 0.0247. The zero-order chi connectivity index (χ0) is 16.7. The molecule has 1 fully saturated rings. The van der Waals surface area contributed by atoms with Gasteiger partial charge in [0.1, 0.15) is 5.75 Å². The molecule has 1 aliphatic rings. The lowest BCUT2D eigenvalue weighted by Crippen LogP contribution is -2.48. The first-order chi connectivity index (χ1) is 11.0. The highest BCUT2D eigenvalue weighted by Gasteiger charge is 2.28. The van der Waals surface area contributed by atoms with Gasteiger partial charge in [-0.25, -0.2) is 4.79 Å². The van der Waals surface area contributed by atoms with E-state index in [1.807, 2.05) is 19.1 Å². The van der Waals surface area contributed by atoms with Crippen molar-refractivity contribution in [1.29, 1.82) is 0 Å². The molecule has 4 N–H and O–H groups in total. The summed E-state index contributed by atoms with van der Waals surface area (Å²) < 4.78 is 0. The summed E-state index contributed by atoms with van der Waals surface area (Å²) in [7, 11) is 0. The van der Waals surface area contributed by atoms with Crippen molar-refractivity contribution in [3.8, 4) is 5.75 Å². The average molecular weight is 320 g/mol. The zero-order valence-electron chi connectivity index (χ0n) is 13.8. The van der Waals surface area contributed by atoms with Gasteiger partial charge in [0.15, 0.2) is 0 Å². The third-order valence-corrected chi connectivity index (χ3v) is 4.47. The number of benzene rings is 1. The lowest BCUT2D eigenvalue weighted by molar-refractivity contribution is 0.0276. The van der Waals surface area contributed by atoms with Crippen LogP contribution in [0.4, 0.5) is 4.79 Å². The van der Waals surface area contributed by atoms with Crippen LogP contribution in [-0.2, 0) is 6.42 Å². The van der Waals surface area contributed by atoms with Crippen molar-refractivity contribution in [3.63, 3.8) is 0 Å². The maximum atomic E-state index is 12.0. The minimum Gasteiger partial charge on any atom is -0.508 e. The Labute approximate surface area is 138 Å². The Balaban J connectivity index is 1.74. The molecule has 5 nitrogen and oxygen atoms in total. The summed E-state index contributed by atoms with van der Waals surface area (Å²) in [6.45, 7) is 2.25. The molecule has 1 unspecified atom stereocenters. The quantitative estimate of drug-likeness (QED) is 0.630. The van der Waals surface area contributed by atoms with Crippen LogP contribution in [0.15, 0.2) is 24.3 Å². The fourth-order valence-corrected chi connectivity index (χ4v) is 3.12. The van der Waals surface area contributed by atoms with Gasteiger partial charge >= 0.3 is 6.03 Å². The molecule has 1 aromatic rings. The SMILES string of the molecule is CC(Cc1ccc(O)cc1)NC(=O)NCC1(O)CCCCCC1. The van der Waals surface area contributed by atoms with Crippen LogP contribution in [0.25, 0.3) is 0 Å². The van der Waals surface area contributed by atoms with Gasteiger partial charge in [0.05, 0.1) is 5.60 Å². The first-order valence-electron chi connectivity index (χ1n) is 8.51. The Morgan fingerprint density at radius 1 is 1.17 bits per heavy atom. The lowest BCUT2D eigenvalue weighted by atomic mass is 9.94. The van der Waals surface area contributed by atoms with Crippen LogP contribution in [0.2, 0.25) is 0 Å². The maximum Gasteiger partial charge on any atom is 0.315 e. The number of rotatable bonds is 5. The normalized spacial score (nSPS) is 18.7. The smallest absolute Gasteiger partial charge is 0.315 e. The lowest BCUT2D eigenvalue weighted by Gasteiger charge is -2.27. The number of hydrogen-bond donors (Lipinski definition) is 4. The number of aliphatic hydroxyl groups is 1. The predicted molar refractivity (Wildman–Crippen MR) is 90.5 cm³/mol. The Kier molecular flexibility index (Phi) is 6.28. The van der Waals surface area contributed by atoms with Crippen LogP contribution < -0.4 is 10.6 Å². The molecule has 1 atom stereocenters. The maximum absolute atomic E-state index is 12.0. The molecule has 0 spiro atoms. The first-order valence-corrected chi connectivity index (χ1v) is 8.51. The number of carbonyl (C=O) groups is 1. The number of nitrogens with one attached hydrogen (secondary N) is 2. The van der Waals surface area contributed by atoms with E-state index >= 15 is 0 Å². The second-order valence-corrected chi connectivity index (χ2v) is 6.74. The number of hydrogen-bond acceptors (Lipinski definition) is 3. The Hall–Kier alpha value is -1.75. The Bertz CT molecular complexity index is 493. The molecule has 0 aromatic heterocycles. The summed E-state index contributed by atoms with van der Waals surface area (Å²) in [5, 5.41) is 25.5. The van der Waals surface area contributed by atoms with Crippen LogP contribution in [-0.4, -0.2) is 34.4 Å². The third-order valence-electron chi connectivity index (χ3n) is 4.47. The number of phenolic OH excluding ortho intramolecular Hbond substituents is 1. The molecule has 0 aliphatic heterocycles. The number of amides is 2. The molecule has 23 heavy (non-hydrogen) atoms. The Morgan fingerprint density at radius 2 is 1.78 bits per heavy atom. The van der Waals surface area contributed by atoms with E-state index in [1.54, 1.807) is 12.1 Å². The van der Waals surface area contributed by atoms with Gasteiger partial charge in [-0.1, -0.05) is 37.8 Å². The summed E-state index contributed by atoms with van der Waals surface area (Å²) in [5.41, 5.74) is 0.298. The largest absolute Gasteiger partial charge is 0.508 e. The molecule has 1 aromatic carbocycles. The minimum atomic E-state index is -0.756. The first kappa shape index (κ1) is 17.6. The molecule has 2 rings (SSSR count). The van der Waals surface area contributed by atoms with E-state index in [4.69, 9.17) is 0 Å². The van der Waals surface area contributed by atoms with E-state index in [2.05, 4.69) is 10.6 Å². The van der Waals surface area contributed by atoms with Gasteiger partial charge in [-0.15, -0.1) is 0 Å². The van der Waals surface area contributed by atoms with E-state index in [1.165, 1.54) is 0 Å². The second-order valence-electron chi connectivity index (χ2n) is 6.74. The van der Waals surface area contributed by atoms with Crippen molar-refractivity contribution < 1.29 is 15.0 Å². The highest BCUT2D eigenvalue weighted by atomic mass is 16.3. The van der Waals surface area contributed by atoms with Gasteiger partial charge in [-0.2, -0.15) is 0 Å². The molecule has 0 radical (unpaired) electrons. The van der Waals surface area contributed by atoms with Crippen LogP contribution in [0.3, 0.4) is 0 Å². The number of carbonyl (C=O) groups excluding carboxylic acids is 1. The zero-order valence-corrected chi connectivity index (χ0v) is 13.8. The van der Waals surface area contributed by atoms with Gasteiger partial charge in [0.25, 0.3) is 0 Å². The summed E-state index contributed by atoms with van der Waals surface area (Å²) >= 11 is 0. The van der Waals surface area contributed by atoms with E-state index in [0.29, 0.717) is 13.0 Å². The molecule has 0 saturated heterocycles. The standard InChI is InChI=1S/C18H28N2O3/c1-14(12-15-6-8-16(21)9-7-15)20-17(22)19-13-18(23)10-4-2-3-5-11-18/h6-9,14,21,23H,2-5,10-13H2,1H3,(H2,19,20,22). The van der Waals surface area contributed by atoms with Crippen molar-refractivity contribution in [2.45, 2.75) is 63.5 Å². The molecular weight excluding hydrogens is 292 g/mol. The van der Waals surface area contributed by atoms with Crippen molar-refractivity contribution >= 4 is 6.03 Å². The van der Waals surface area contributed by atoms with Gasteiger partial charge < -0.3 is 20.8 Å². The van der Waals surface area contributed by atoms with E-state index < -0.39 is 5.60 Å². The fraction of sp³-hybridized carbons (Fsp3) is 0.611.